The van der Waals surface area contributed by atoms with Gasteiger partial charge in [0.05, 0.1) is 17.2 Å². The Morgan fingerprint density at radius 3 is 2.16 bits per heavy atom. The van der Waals surface area contributed by atoms with E-state index in [0.29, 0.717) is 27.8 Å². The van der Waals surface area contributed by atoms with Gasteiger partial charge in [0.25, 0.3) is 5.91 Å². The van der Waals surface area contributed by atoms with Crippen molar-refractivity contribution >= 4 is 34.8 Å². The second-order valence-corrected chi connectivity index (χ2v) is 5.51. The number of halogens is 1. The standard InChI is InChI=1S/C18H12ClN5O/c19-14-3-7-16(8-4-14)24-18-21-10-13(11-22-18)17(25)23-15-5-1-12(9-20)2-6-15/h1-8,10-11H,(H,23,25)(H,21,22,24). The first-order valence-electron chi connectivity index (χ1n) is 7.30. The minimum absolute atomic E-state index is 0.325. The molecule has 3 rings (SSSR count). The summed E-state index contributed by atoms with van der Waals surface area (Å²) < 4.78 is 0. The number of hydrogen-bond donors (Lipinski definition) is 2. The van der Waals surface area contributed by atoms with Gasteiger partial charge in [0.1, 0.15) is 0 Å². The smallest absolute Gasteiger partial charge is 0.258 e. The summed E-state index contributed by atoms with van der Waals surface area (Å²) in [4.78, 5) is 20.4. The summed E-state index contributed by atoms with van der Waals surface area (Å²) in [5, 5.41) is 15.1. The molecule has 25 heavy (non-hydrogen) atoms. The van der Waals surface area contributed by atoms with Crippen LogP contribution in [-0.4, -0.2) is 15.9 Å². The van der Waals surface area contributed by atoms with Crippen LogP contribution in [0, 0.1) is 11.3 Å². The highest BCUT2D eigenvalue weighted by atomic mass is 35.5. The average Bonchev–Trinajstić information content (AvgIpc) is 2.65. The summed E-state index contributed by atoms with van der Waals surface area (Å²) in [7, 11) is 0. The molecule has 0 aliphatic heterocycles. The van der Waals surface area contributed by atoms with Crippen LogP contribution < -0.4 is 10.6 Å². The van der Waals surface area contributed by atoms with Crippen LogP contribution in [0.5, 0.6) is 0 Å². The minimum atomic E-state index is -0.331. The van der Waals surface area contributed by atoms with Crippen LogP contribution in [0.25, 0.3) is 0 Å². The average molecular weight is 350 g/mol. The van der Waals surface area contributed by atoms with Crippen LogP contribution >= 0.6 is 11.6 Å². The lowest BCUT2D eigenvalue weighted by Gasteiger charge is -2.07. The Morgan fingerprint density at radius 1 is 0.960 bits per heavy atom. The molecule has 3 aromatic rings. The van der Waals surface area contributed by atoms with Crippen LogP contribution in [0.3, 0.4) is 0 Å². The zero-order valence-electron chi connectivity index (χ0n) is 12.9. The summed E-state index contributed by atoms with van der Waals surface area (Å²) >= 11 is 5.83. The van der Waals surface area contributed by atoms with Gasteiger partial charge in [-0.2, -0.15) is 5.26 Å². The molecular formula is C18H12ClN5O. The lowest BCUT2D eigenvalue weighted by molar-refractivity contribution is 0.102. The number of anilines is 3. The van der Waals surface area contributed by atoms with E-state index in [0.717, 1.165) is 5.69 Å². The number of hydrogen-bond acceptors (Lipinski definition) is 5. The molecule has 2 aromatic carbocycles. The zero-order valence-corrected chi connectivity index (χ0v) is 13.7. The van der Waals surface area contributed by atoms with Crippen molar-refractivity contribution in [2.45, 2.75) is 0 Å². The van der Waals surface area contributed by atoms with Crippen LogP contribution in [0.15, 0.2) is 60.9 Å². The van der Waals surface area contributed by atoms with Crippen LogP contribution in [-0.2, 0) is 0 Å². The van der Waals surface area contributed by atoms with E-state index in [-0.39, 0.29) is 5.91 Å². The summed E-state index contributed by atoms with van der Waals surface area (Å²) in [5.41, 5.74) is 2.23. The molecule has 122 valence electrons. The molecule has 0 fully saturated rings. The van der Waals surface area contributed by atoms with Gasteiger partial charge >= 0.3 is 0 Å². The molecule has 0 aliphatic rings. The van der Waals surface area contributed by atoms with Gasteiger partial charge in [-0.25, -0.2) is 9.97 Å². The molecule has 0 spiro atoms. The number of nitrogens with one attached hydrogen (secondary N) is 2. The third-order valence-corrected chi connectivity index (χ3v) is 3.54. The van der Waals surface area contributed by atoms with Gasteiger partial charge in [-0.15, -0.1) is 0 Å². The fourth-order valence-corrected chi connectivity index (χ4v) is 2.13. The number of carbonyl (C=O) groups excluding carboxylic acids is 1. The van der Waals surface area contributed by atoms with Gasteiger partial charge in [-0.05, 0) is 48.5 Å². The molecule has 0 unspecified atom stereocenters. The molecule has 1 amide bonds. The lowest BCUT2D eigenvalue weighted by atomic mass is 10.2. The summed E-state index contributed by atoms with van der Waals surface area (Å²) in [6.45, 7) is 0. The predicted molar refractivity (Wildman–Crippen MR) is 95.9 cm³/mol. The molecular weight excluding hydrogens is 338 g/mol. The second kappa shape index (κ2) is 7.43. The molecule has 2 N–H and O–H groups in total. The zero-order chi connectivity index (χ0) is 17.6. The van der Waals surface area contributed by atoms with Crippen molar-refractivity contribution in [3.63, 3.8) is 0 Å². The van der Waals surface area contributed by atoms with Crippen molar-refractivity contribution in [3.8, 4) is 6.07 Å². The van der Waals surface area contributed by atoms with E-state index in [1.165, 1.54) is 12.4 Å². The van der Waals surface area contributed by atoms with Gasteiger partial charge in [0.2, 0.25) is 5.95 Å². The van der Waals surface area contributed by atoms with Crippen molar-refractivity contribution in [1.82, 2.24) is 9.97 Å². The van der Waals surface area contributed by atoms with E-state index >= 15 is 0 Å². The minimum Gasteiger partial charge on any atom is -0.324 e. The van der Waals surface area contributed by atoms with E-state index in [2.05, 4.69) is 20.6 Å². The molecule has 0 saturated carbocycles. The highest BCUT2D eigenvalue weighted by molar-refractivity contribution is 6.30. The van der Waals surface area contributed by atoms with Crippen molar-refractivity contribution < 1.29 is 4.79 Å². The Bertz CT molecular complexity index is 916. The fourth-order valence-electron chi connectivity index (χ4n) is 2.00. The third-order valence-electron chi connectivity index (χ3n) is 3.29. The summed E-state index contributed by atoms with van der Waals surface area (Å²) in [6, 6.07) is 15.7. The van der Waals surface area contributed by atoms with Crippen LogP contribution in [0.4, 0.5) is 17.3 Å². The fraction of sp³-hybridized carbons (Fsp3) is 0. The number of nitriles is 1. The van der Waals surface area contributed by atoms with Gasteiger partial charge in [-0.3, -0.25) is 4.79 Å². The second-order valence-electron chi connectivity index (χ2n) is 5.07. The predicted octanol–water partition coefficient (Wildman–Crippen LogP) is 4.00. The normalized spacial score (nSPS) is 9.92. The molecule has 1 heterocycles. The van der Waals surface area contributed by atoms with Crippen molar-refractivity contribution in [1.29, 1.82) is 5.26 Å². The first-order valence-corrected chi connectivity index (χ1v) is 7.68. The van der Waals surface area contributed by atoms with Gasteiger partial charge in [0, 0.05) is 28.8 Å². The molecule has 0 radical (unpaired) electrons. The number of nitrogens with zero attached hydrogens (tertiary/aromatic N) is 3. The molecule has 0 aliphatic carbocycles. The molecule has 0 bridgehead atoms. The Hall–Kier alpha value is -3.43. The largest absolute Gasteiger partial charge is 0.324 e. The van der Waals surface area contributed by atoms with Gasteiger partial charge in [-0.1, -0.05) is 11.6 Å². The quantitative estimate of drug-likeness (QED) is 0.743. The maximum atomic E-state index is 12.2. The van der Waals surface area contributed by atoms with Crippen molar-refractivity contribution in [2.24, 2.45) is 0 Å². The Morgan fingerprint density at radius 2 is 1.56 bits per heavy atom. The maximum absolute atomic E-state index is 12.2. The number of rotatable bonds is 4. The monoisotopic (exact) mass is 349 g/mol. The SMILES string of the molecule is N#Cc1ccc(NC(=O)c2cnc(Nc3ccc(Cl)cc3)nc2)cc1. The summed E-state index contributed by atoms with van der Waals surface area (Å²) in [6.07, 6.45) is 2.87. The summed E-state index contributed by atoms with van der Waals surface area (Å²) in [5.74, 6) is 0.0417. The van der Waals surface area contributed by atoms with E-state index in [1.54, 1.807) is 48.5 Å². The first kappa shape index (κ1) is 16.4. The Labute approximate surface area is 149 Å². The lowest BCUT2D eigenvalue weighted by Crippen LogP contribution is -2.13. The third kappa shape index (κ3) is 4.31. The first-order chi connectivity index (χ1) is 12.1. The van der Waals surface area contributed by atoms with Crippen molar-refractivity contribution in [3.05, 3.63) is 77.1 Å². The highest BCUT2D eigenvalue weighted by Crippen LogP contribution is 2.16. The van der Waals surface area contributed by atoms with Gasteiger partial charge < -0.3 is 10.6 Å². The Balaban J connectivity index is 1.65. The number of benzene rings is 2. The maximum Gasteiger partial charge on any atom is 0.258 e. The Kier molecular flexibility index (Phi) is 4.88. The van der Waals surface area contributed by atoms with E-state index < -0.39 is 0 Å². The molecule has 6 nitrogen and oxygen atoms in total. The van der Waals surface area contributed by atoms with E-state index in [9.17, 15) is 4.79 Å². The highest BCUT2D eigenvalue weighted by Gasteiger charge is 2.08. The molecule has 7 heteroatoms. The molecule has 0 saturated heterocycles. The van der Waals surface area contributed by atoms with E-state index in [4.69, 9.17) is 16.9 Å². The topological polar surface area (TPSA) is 90.7 Å². The van der Waals surface area contributed by atoms with Crippen LogP contribution in [0.2, 0.25) is 5.02 Å². The van der Waals surface area contributed by atoms with Gasteiger partial charge in [0.15, 0.2) is 0 Å². The number of amides is 1. The number of aromatic nitrogens is 2. The van der Waals surface area contributed by atoms with E-state index in [1.807, 2.05) is 6.07 Å². The number of carbonyl (C=O) groups is 1. The molecule has 0 atom stereocenters. The van der Waals surface area contributed by atoms with Crippen molar-refractivity contribution in [2.75, 3.05) is 10.6 Å². The molecule has 1 aromatic heterocycles. The van der Waals surface area contributed by atoms with Crippen LogP contribution in [0.1, 0.15) is 15.9 Å².